The van der Waals surface area contributed by atoms with Crippen LogP contribution in [0.1, 0.15) is 23.2 Å². The van der Waals surface area contributed by atoms with Gasteiger partial charge in [-0.05, 0) is 11.6 Å². The van der Waals surface area contributed by atoms with Gasteiger partial charge in [0.15, 0.2) is 0 Å². The third kappa shape index (κ3) is 2.77. The van der Waals surface area contributed by atoms with Crippen molar-refractivity contribution in [1.82, 2.24) is 9.78 Å². The van der Waals surface area contributed by atoms with Crippen LogP contribution in [0.15, 0.2) is 28.7 Å². The molecule has 98 valence electrons. The first-order chi connectivity index (χ1) is 9.04. The Bertz CT molecular complexity index is 649. The van der Waals surface area contributed by atoms with E-state index in [0.29, 0.717) is 0 Å². The molecule has 2 aromatic rings. The molecule has 1 aromatic carbocycles. The second-order valence-electron chi connectivity index (χ2n) is 3.71. The first-order valence-electron chi connectivity index (χ1n) is 5.22. The number of benzene rings is 1. The Morgan fingerprint density at radius 2 is 2.11 bits per heavy atom. The molecule has 0 atom stereocenters. The van der Waals surface area contributed by atoms with E-state index in [1.54, 1.807) is 6.07 Å². The van der Waals surface area contributed by atoms with Gasteiger partial charge in [0.2, 0.25) is 0 Å². The summed E-state index contributed by atoms with van der Waals surface area (Å²) in [6.07, 6.45) is -2.83. The lowest BCUT2D eigenvalue weighted by Crippen LogP contribution is -2.03. The number of hydrogen-bond acceptors (Lipinski definition) is 2. The molecule has 0 aliphatic carbocycles. The van der Waals surface area contributed by atoms with E-state index >= 15 is 0 Å². The molecule has 19 heavy (non-hydrogen) atoms. The minimum atomic E-state index is -2.83. The number of nitrogens with zero attached hydrogens (tertiary/aromatic N) is 3. The van der Waals surface area contributed by atoms with Gasteiger partial charge in [0.05, 0.1) is 6.54 Å². The maximum absolute atomic E-state index is 12.7. The topological polar surface area (TPSA) is 41.6 Å². The van der Waals surface area contributed by atoms with Crippen molar-refractivity contribution in [3.8, 4) is 6.07 Å². The highest BCUT2D eigenvalue weighted by atomic mass is 79.9. The molecule has 2 rings (SSSR count). The Labute approximate surface area is 121 Å². The smallest absolute Gasteiger partial charge is 0.248 e. The summed E-state index contributed by atoms with van der Waals surface area (Å²) in [4.78, 5) is 0. The summed E-state index contributed by atoms with van der Waals surface area (Å²) in [6, 6.07) is 8.95. The first kappa shape index (κ1) is 14.0. The van der Waals surface area contributed by atoms with Crippen LogP contribution in [0.25, 0.3) is 0 Å². The molecule has 0 bridgehead atoms. The van der Waals surface area contributed by atoms with Crippen molar-refractivity contribution < 1.29 is 8.78 Å². The fraction of sp³-hybridized carbons (Fsp3) is 0.167. The molecular weight excluding hydrogens is 340 g/mol. The van der Waals surface area contributed by atoms with Crippen molar-refractivity contribution in [2.24, 2.45) is 0 Å². The quantitative estimate of drug-likeness (QED) is 0.837. The molecule has 0 aliphatic rings. The minimum absolute atomic E-state index is 0.0754. The summed E-state index contributed by atoms with van der Waals surface area (Å²) in [5.74, 6) is 0. The van der Waals surface area contributed by atoms with Crippen molar-refractivity contribution in [1.29, 1.82) is 5.26 Å². The Morgan fingerprint density at radius 3 is 2.63 bits per heavy atom. The maximum Gasteiger partial charge on any atom is 0.283 e. The average molecular weight is 347 g/mol. The van der Waals surface area contributed by atoms with E-state index < -0.39 is 12.1 Å². The molecule has 0 saturated heterocycles. The van der Waals surface area contributed by atoms with Gasteiger partial charge in [-0.2, -0.15) is 10.4 Å². The van der Waals surface area contributed by atoms with E-state index in [1.807, 2.05) is 24.3 Å². The molecule has 3 nitrogen and oxygen atoms in total. The van der Waals surface area contributed by atoms with Crippen molar-refractivity contribution in [2.45, 2.75) is 13.0 Å². The average Bonchev–Trinajstić information content (AvgIpc) is 2.69. The minimum Gasteiger partial charge on any atom is -0.248 e. The van der Waals surface area contributed by atoms with Crippen LogP contribution in [0.5, 0.6) is 0 Å². The number of hydrogen-bond donors (Lipinski definition) is 0. The molecular formula is C12H7BrClF2N3. The number of aromatic nitrogens is 2. The van der Waals surface area contributed by atoms with Crippen molar-refractivity contribution in [3.05, 3.63) is 50.7 Å². The lowest BCUT2D eigenvalue weighted by atomic mass is 10.2. The van der Waals surface area contributed by atoms with Crippen LogP contribution in [0.2, 0.25) is 5.15 Å². The molecule has 0 radical (unpaired) electrons. The van der Waals surface area contributed by atoms with Gasteiger partial charge in [-0.1, -0.05) is 45.7 Å². The molecule has 0 unspecified atom stereocenters. The zero-order chi connectivity index (χ0) is 14.0. The number of alkyl halides is 2. The highest BCUT2D eigenvalue weighted by molar-refractivity contribution is 9.10. The standard InChI is InChI=1S/C12H7BrClF2N3/c13-9-4-2-1-3-7(9)6-19-11(14)8(5-17)10(18-19)12(15)16/h1-4,12H,6H2. The lowest BCUT2D eigenvalue weighted by molar-refractivity contribution is 0.144. The summed E-state index contributed by atoms with van der Waals surface area (Å²) in [5.41, 5.74) is -0.0273. The zero-order valence-corrected chi connectivity index (χ0v) is 11.8. The normalized spacial score (nSPS) is 10.7. The van der Waals surface area contributed by atoms with Crippen LogP contribution in [-0.2, 0) is 6.54 Å². The molecule has 0 spiro atoms. The predicted octanol–water partition coefficient (Wildman–Crippen LogP) is 4.16. The van der Waals surface area contributed by atoms with Crippen molar-refractivity contribution in [2.75, 3.05) is 0 Å². The molecule has 1 heterocycles. The SMILES string of the molecule is N#Cc1c(C(F)F)nn(Cc2ccccc2Br)c1Cl. The molecule has 1 aromatic heterocycles. The number of rotatable bonds is 3. The van der Waals surface area contributed by atoms with Gasteiger partial charge in [-0.15, -0.1) is 0 Å². The van der Waals surface area contributed by atoms with Gasteiger partial charge in [0.25, 0.3) is 6.43 Å². The largest absolute Gasteiger partial charge is 0.283 e. The lowest BCUT2D eigenvalue weighted by Gasteiger charge is -2.05. The van der Waals surface area contributed by atoms with Crippen LogP contribution in [0.3, 0.4) is 0 Å². The third-order valence-electron chi connectivity index (χ3n) is 2.51. The summed E-state index contributed by atoms with van der Waals surface area (Å²) in [7, 11) is 0. The molecule has 0 aliphatic heterocycles. The number of halogens is 4. The van der Waals surface area contributed by atoms with Crippen molar-refractivity contribution >= 4 is 27.5 Å². The van der Waals surface area contributed by atoms with Gasteiger partial charge in [0.1, 0.15) is 22.5 Å². The summed E-state index contributed by atoms with van der Waals surface area (Å²) in [6.45, 7) is 0.210. The van der Waals surface area contributed by atoms with Gasteiger partial charge in [-0.3, -0.25) is 0 Å². The van der Waals surface area contributed by atoms with Crippen LogP contribution in [0, 0.1) is 11.3 Å². The Hall–Kier alpha value is -1.45. The van der Waals surface area contributed by atoms with Crippen LogP contribution in [-0.4, -0.2) is 9.78 Å². The molecule has 0 saturated carbocycles. The molecule has 7 heteroatoms. The number of nitriles is 1. The van der Waals surface area contributed by atoms with E-state index in [2.05, 4.69) is 21.0 Å². The molecule has 0 N–H and O–H groups in total. The van der Waals surface area contributed by atoms with Gasteiger partial charge in [-0.25, -0.2) is 13.5 Å². The maximum atomic E-state index is 12.7. The first-order valence-corrected chi connectivity index (χ1v) is 6.39. The molecule has 0 amide bonds. The Balaban J connectivity index is 2.42. The molecule has 0 fully saturated rings. The van der Waals surface area contributed by atoms with Gasteiger partial charge >= 0.3 is 0 Å². The van der Waals surface area contributed by atoms with Crippen LogP contribution < -0.4 is 0 Å². The summed E-state index contributed by atoms with van der Waals surface area (Å²) >= 11 is 9.26. The third-order valence-corrected chi connectivity index (χ3v) is 3.67. The second-order valence-corrected chi connectivity index (χ2v) is 4.92. The summed E-state index contributed by atoms with van der Waals surface area (Å²) in [5, 5.41) is 12.5. The Kier molecular flexibility index (Phi) is 4.17. The highest BCUT2D eigenvalue weighted by Gasteiger charge is 2.23. The van der Waals surface area contributed by atoms with Gasteiger partial charge in [0, 0.05) is 4.47 Å². The fourth-order valence-corrected chi connectivity index (χ4v) is 2.25. The van der Waals surface area contributed by atoms with E-state index in [1.165, 1.54) is 4.68 Å². The summed E-state index contributed by atoms with van der Waals surface area (Å²) < 4.78 is 27.5. The van der Waals surface area contributed by atoms with E-state index in [9.17, 15) is 8.78 Å². The second kappa shape index (κ2) is 5.68. The van der Waals surface area contributed by atoms with E-state index in [-0.39, 0.29) is 17.3 Å². The van der Waals surface area contributed by atoms with Gasteiger partial charge < -0.3 is 0 Å². The fourth-order valence-electron chi connectivity index (χ4n) is 1.61. The Morgan fingerprint density at radius 1 is 1.42 bits per heavy atom. The van der Waals surface area contributed by atoms with Crippen LogP contribution >= 0.6 is 27.5 Å². The van der Waals surface area contributed by atoms with E-state index in [4.69, 9.17) is 16.9 Å². The zero-order valence-electron chi connectivity index (χ0n) is 9.45. The van der Waals surface area contributed by atoms with Crippen molar-refractivity contribution in [3.63, 3.8) is 0 Å². The van der Waals surface area contributed by atoms with E-state index in [0.717, 1.165) is 10.0 Å². The van der Waals surface area contributed by atoms with Crippen LogP contribution in [0.4, 0.5) is 8.78 Å². The predicted molar refractivity (Wildman–Crippen MR) is 70.2 cm³/mol. The monoisotopic (exact) mass is 345 g/mol. The highest BCUT2D eigenvalue weighted by Crippen LogP contribution is 2.28.